The van der Waals surface area contributed by atoms with Crippen LogP contribution in [-0.4, -0.2) is 22.0 Å². The summed E-state index contributed by atoms with van der Waals surface area (Å²) in [6.07, 6.45) is 3.73. The maximum absolute atomic E-state index is 10.9. The van der Waals surface area contributed by atoms with Gasteiger partial charge in [-0.3, -0.25) is 0 Å². The van der Waals surface area contributed by atoms with Gasteiger partial charge in [-0.05, 0) is 6.08 Å². The molecule has 4 heteroatoms. The molecule has 1 N–H and O–H groups in total. The molecule has 0 amide bonds. The molecule has 1 heterocycles. The molecule has 0 aromatic rings. The van der Waals surface area contributed by atoms with Crippen molar-refractivity contribution in [2.75, 3.05) is 5.33 Å². The third-order valence-corrected chi connectivity index (χ3v) is 2.61. The first kappa shape index (κ1) is 9.58. The predicted octanol–water partition coefficient (Wildman–Crippen LogP) is 1.77. The summed E-state index contributed by atoms with van der Waals surface area (Å²) in [6.45, 7) is 1.85. The predicted molar refractivity (Wildman–Crippen MR) is 48.2 cm³/mol. The van der Waals surface area contributed by atoms with Gasteiger partial charge in [0.1, 0.15) is 0 Å². The second kappa shape index (κ2) is 3.47. The first-order valence-electron chi connectivity index (χ1n) is 3.77. The molecule has 0 spiro atoms. The lowest BCUT2D eigenvalue weighted by Gasteiger charge is -2.27. The Morgan fingerprint density at radius 3 is 2.83 bits per heavy atom. The summed E-state index contributed by atoms with van der Waals surface area (Å²) in [6, 6.07) is 0. The van der Waals surface area contributed by atoms with Crippen molar-refractivity contribution in [3.8, 4) is 0 Å². The van der Waals surface area contributed by atoms with Crippen LogP contribution in [0, 0.1) is 5.92 Å². The molecule has 2 atom stereocenters. The summed E-state index contributed by atoms with van der Waals surface area (Å²) < 4.78 is 5.14. The molecule has 1 rings (SSSR count). The van der Waals surface area contributed by atoms with Crippen LogP contribution < -0.4 is 0 Å². The van der Waals surface area contributed by atoms with Crippen molar-refractivity contribution in [3.63, 3.8) is 0 Å². The molecule has 0 bridgehead atoms. The minimum Gasteiger partial charge on any atom is -0.483 e. The van der Waals surface area contributed by atoms with Gasteiger partial charge in [0.25, 0.3) is 0 Å². The number of rotatable bonds is 3. The Morgan fingerprint density at radius 2 is 2.50 bits per heavy atom. The van der Waals surface area contributed by atoms with Crippen molar-refractivity contribution < 1.29 is 14.6 Å². The summed E-state index contributed by atoms with van der Waals surface area (Å²) in [5, 5.41) is 9.61. The number of carboxylic acid groups (broad SMARTS) is 1. The Bertz CT molecular complexity index is 214. The molecule has 1 aliphatic heterocycles. The topological polar surface area (TPSA) is 46.5 Å². The van der Waals surface area contributed by atoms with Crippen LogP contribution in [0.4, 0.5) is 0 Å². The van der Waals surface area contributed by atoms with E-state index in [4.69, 9.17) is 9.84 Å². The Hall–Kier alpha value is -0.510. The lowest BCUT2D eigenvalue weighted by atomic mass is 9.88. The van der Waals surface area contributed by atoms with Crippen molar-refractivity contribution in [2.24, 2.45) is 5.92 Å². The molecular weight excluding hydrogens is 224 g/mol. The quantitative estimate of drug-likeness (QED) is 0.758. The van der Waals surface area contributed by atoms with E-state index in [1.807, 2.05) is 6.92 Å². The van der Waals surface area contributed by atoms with Gasteiger partial charge >= 0.3 is 5.97 Å². The maximum atomic E-state index is 10.9. The fraction of sp³-hybridized carbons (Fsp3) is 0.625. The van der Waals surface area contributed by atoms with Gasteiger partial charge in [-0.15, -0.1) is 0 Å². The van der Waals surface area contributed by atoms with Crippen molar-refractivity contribution in [1.29, 1.82) is 0 Å². The van der Waals surface area contributed by atoms with Crippen LogP contribution in [0.15, 0.2) is 12.3 Å². The van der Waals surface area contributed by atoms with Gasteiger partial charge in [0.15, 0.2) is 0 Å². The van der Waals surface area contributed by atoms with Crippen LogP contribution in [0.1, 0.15) is 13.3 Å². The van der Waals surface area contributed by atoms with Crippen molar-refractivity contribution in [3.05, 3.63) is 12.3 Å². The van der Waals surface area contributed by atoms with Crippen LogP contribution in [0.3, 0.4) is 0 Å². The van der Waals surface area contributed by atoms with Gasteiger partial charge in [0.2, 0.25) is 5.60 Å². The zero-order chi connectivity index (χ0) is 9.19. The number of ether oxygens (including phenoxy) is 1. The van der Waals surface area contributed by atoms with E-state index in [0.29, 0.717) is 11.8 Å². The lowest BCUT2D eigenvalue weighted by Crippen LogP contribution is -2.43. The molecule has 3 nitrogen and oxygen atoms in total. The Morgan fingerprint density at radius 1 is 1.83 bits per heavy atom. The number of carboxylic acids is 1. The van der Waals surface area contributed by atoms with E-state index in [1.54, 1.807) is 6.08 Å². The van der Waals surface area contributed by atoms with E-state index in [1.165, 1.54) is 6.26 Å². The summed E-state index contributed by atoms with van der Waals surface area (Å²) in [4.78, 5) is 10.9. The van der Waals surface area contributed by atoms with E-state index in [0.717, 1.165) is 0 Å². The highest BCUT2D eigenvalue weighted by Gasteiger charge is 2.46. The van der Waals surface area contributed by atoms with Crippen LogP contribution in [0.5, 0.6) is 0 Å². The largest absolute Gasteiger partial charge is 0.483 e. The fourth-order valence-electron chi connectivity index (χ4n) is 1.32. The number of alkyl halides is 1. The molecule has 0 radical (unpaired) electrons. The highest BCUT2D eigenvalue weighted by molar-refractivity contribution is 9.09. The minimum absolute atomic E-state index is 0.0625. The number of carbonyl (C=O) groups is 1. The van der Waals surface area contributed by atoms with E-state index in [-0.39, 0.29) is 5.92 Å². The minimum atomic E-state index is -1.04. The molecule has 0 fully saturated rings. The molecule has 1 aliphatic rings. The number of halogens is 1. The zero-order valence-corrected chi connectivity index (χ0v) is 8.37. The highest BCUT2D eigenvalue weighted by atomic mass is 79.9. The van der Waals surface area contributed by atoms with Gasteiger partial charge in [-0.25, -0.2) is 4.79 Å². The second-order valence-electron chi connectivity index (χ2n) is 2.87. The molecule has 68 valence electrons. The third-order valence-electron chi connectivity index (χ3n) is 2.21. The first-order valence-corrected chi connectivity index (χ1v) is 4.89. The molecule has 0 aromatic carbocycles. The molecule has 0 aromatic heterocycles. The summed E-state index contributed by atoms with van der Waals surface area (Å²) in [5.41, 5.74) is -1.04. The second-order valence-corrected chi connectivity index (χ2v) is 3.66. The standard InChI is InChI=1S/C8H11BrO3/c1-6-2-5-12-8(6,3-4-9)7(10)11/h2,5-6H,3-4H2,1H3,(H,10,11). The van der Waals surface area contributed by atoms with Gasteiger partial charge < -0.3 is 9.84 Å². The van der Waals surface area contributed by atoms with Crippen molar-refractivity contribution >= 4 is 21.9 Å². The molecule has 0 aliphatic carbocycles. The number of aliphatic carboxylic acids is 1. The molecular formula is C8H11BrO3. The Kier molecular flexibility index (Phi) is 2.77. The summed E-state index contributed by atoms with van der Waals surface area (Å²) in [5.74, 6) is -0.952. The average Bonchev–Trinajstić information content (AvgIpc) is 2.34. The molecule has 0 saturated carbocycles. The maximum Gasteiger partial charge on any atom is 0.348 e. The van der Waals surface area contributed by atoms with Gasteiger partial charge in [-0.2, -0.15) is 0 Å². The van der Waals surface area contributed by atoms with Crippen LogP contribution in [-0.2, 0) is 9.53 Å². The first-order chi connectivity index (χ1) is 5.63. The smallest absolute Gasteiger partial charge is 0.348 e. The SMILES string of the molecule is CC1C=COC1(CCBr)C(=O)O. The monoisotopic (exact) mass is 234 g/mol. The van der Waals surface area contributed by atoms with Crippen molar-refractivity contribution in [1.82, 2.24) is 0 Å². The van der Waals surface area contributed by atoms with E-state index in [9.17, 15) is 4.79 Å². The molecule has 0 saturated heterocycles. The van der Waals surface area contributed by atoms with E-state index in [2.05, 4.69) is 15.9 Å². The average molecular weight is 235 g/mol. The summed E-state index contributed by atoms with van der Waals surface area (Å²) >= 11 is 3.22. The Labute approximate surface area is 79.5 Å². The lowest BCUT2D eigenvalue weighted by molar-refractivity contribution is -0.160. The number of hydrogen-bond donors (Lipinski definition) is 1. The van der Waals surface area contributed by atoms with Crippen LogP contribution in [0.25, 0.3) is 0 Å². The van der Waals surface area contributed by atoms with Gasteiger partial charge in [0.05, 0.1) is 6.26 Å². The molecule has 12 heavy (non-hydrogen) atoms. The van der Waals surface area contributed by atoms with Gasteiger partial charge in [0, 0.05) is 17.7 Å². The van der Waals surface area contributed by atoms with Crippen LogP contribution in [0.2, 0.25) is 0 Å². The van der Waals surface area contributed by atoms with E-state index < -0.39 is 11.6 Å². The Balaban J connectivity index is 2.81. The zero-order valence-electron chi connectivity index (χ0n) is 6.79. The fourth-order valence-corrected chi connectivity index (χ4v) is 1.91. The van der Waals surface area contributed by atoms with E-state index >= 15 is 0 Å². The third kappa shape index (κ3) is 1.35. The summed E-state index contributed by atoms with van der Waals surface area (Å²) in [7, 11) is 0. The molecule has 2 unspecified atom stereocenters. The number of hydrogen-bond acceptors (Lipinski definition) is 2. The highest BCUT2D eigenvalue weighted by Crippen LogP contribution is 2.33. The van der Waals surface area contributed by atoms with Crippen LogP contribution >= 0.6 is 15.9 Å². The normalized spacial score (nSPS) is 33.3. The van der Waals surface area contributed by atoms with Crippen molar-refractivity contribution in [2.45, 2.75) is 18.9 Å². The van der Waals surface area contributed by atoms with Gasteiger partial charge in [-0.1, -0.05) is 22.9 Å².